The third kappa shape index (κ3) is 4.87. The summed E-state index contributed by atoms with van der Waals surface area (Å²) >= 11 is 0. The lowest BCUT2D eigenvalue weighted by atomic mass is 10.1. The molecule has 1 heterocycles. The number of methoxy groups -OCH3 is 1. The first-order valence-corrected chi connectivity index (χ1v) is 8.88. The van der Waals surface area contributed by atoms with Crippen LogP contribution >= 0.6 is 0 Å². The zero-order chi connectivity index (χ0) is 17.6. The number of hydrogen-bond acceptors (Lipinski definition) is 3. The van der Waals surface area contributed by atoms with Gasteiger partial charge in [0.25, 0.3) is 0 Å². The van der Waals surface area contributed by atoms with E-state index in [1.807, 2.05) is 13.8 Å². The van der Waals surface area contributed by atoms with Gasteiger partial charge in [0, 0.05) is 38.5 Å². The van der Waals surface area contributed by atoms with Crippen LogP contribution in [-0.4, -0.2) is 50.9 Å². The van der Waals surface area contributed by atoms with Crippen LogP contribution < -0.4 is 15.5 Å². The number of nitrogens with zero attached hydrogens (tertiary/aromatic N) is 2. The topological polar surface area (TPSA) is 48.9 Å². The zero-order valence-electron chi connectivity index (χ0n) is 15.7. The number of anilines is 1. The maximum absolute atomic E-state index is 5.44. The molecule has 0 aliphatic carbocycles. The van der Waals surface area contributed by atoms with Crippen molar-refractivity contribution in [3.63, 3.8) is 0 Å². The molecule has 1 aromatic rings. The van der Waals surface area contributed by atoms with E-state index in [1.54, 1.807) is 7.11 Å². The Labute approximate surface area is 146 Å². The van der Waals surface area contributed by atoms with Crippen molar-refractivity contribution in [3.8, 4) is 0 Å². The lowest BCUT2D eigenvalue weighted by Crippen LogP contribution is -2.46. The van der Waals surface area contributed by atoms with Gasteiger partial charge in [0.05, 0.1) is 12.1 Å². The molecular weight excluding hydrogens is 300 g/mol. The first-order valence-electron chi connectivity index (χ1n) is 8.88. The summed E-state index contributed by atoms with van der Waals surface area (Å²) in [5, 5.41) is 6.78. The first kappa shape index (κ1) is 18.6. The molecule has 1 aromatic carbocycles. The fraction of sp³-hybridized carbons (Fsp3) is 0.632. The smallest absolute Gasteiger partial charge is 0.191 e. The third-order valence-corrected chi connectivity index (χ3v) is 4.53. The Morgan fingerprint density at radius 2 is 2.08 bits per heavy atom. The Hall–Kier alpha value is -1.75. The molecule has 0 fully saturated rings. The SMILES string of the molecule is CCNC(=NCC(C)(C)OC)NCC(C)N1CCc2ccccc21. The van der Waals surface area contributed by atoms with Gasteiger partial charge in [-0.3, -0.25) is 4.99 Å². The summed E-state index contributed by atoms with van der Waals surface area (Å²) < 4.78 is 5.44. The molecule has 2 rings (SSSR count). The average molecular weight is 332 g/mol. The Morgan fingerprint density at radius 3 is 2.79 bits per heavy atom. The van der Waals surface area contributed by atoms with Gasteiger partial charge in [0.1, 0.15) is 0 Å². The van der Waals surface area contributed by atoms with Crippen LogP contribution in [0.2, 0.25) is 0 Å². The summed E-state index contributed by atoms with van der Waals surface area (Å²) in [4.78, 5) is 7.13. The van der Waals surface area contributed by atoms with E-state index in [9.17, 15) is 0 Å². The lowest BCUT2D eigenvalue weighted by molar-refractivity contribution is 0.0310. The van der Waals surface area contributed by atoms with E-state index in [-0.39, 0.29) is 5.60 Å². The van der Waals surface area contributed by atoms with Crippen LogP contribution in [0.1, 0.15) is 33.3 Å². The van der Waals surface area contributed by atoms with Gasteiger partial charge in [-0.05, 0) is 45.7 Å². The van der Waals surface area contributed by atoms with Crippen molar-refractivity contribution in [1.82, 2.24) is 10.6 Å². The number of aliphatic imine (C=N–C) groups is 1. The Bertz CT molecular complexity index is 556. The molecule has 0 spiro atoms. The number of ether oxygens (including phenoxy) is 1. The van der Waals surface area contributed by atoms with Crippen LogP contribution in [0.4, 0.5) is 5.69 Å². The van der Waals surface area contributed by atoms with Gasteiger partial charge in [0.2, 0.25) is 0 Å². The number of guanidine groups is 1. The van der Waals surface area contributed by atoms with Gasteiger partial charge in [-0.1, -0.05) is 18.2 Å². The van der Waals surface area contributed by atoms with Gasteiger partial charge in [-0.25, -0.2) is 0 Å². The number of nitrogens with one attached hydrogen (secondary N) is 2. The van der Waals surface area contributed by atoms with Gasteiger partial charge < -0.3 is 20.3 Å². The van der Waals surface area contributed by atoms with Gasteiger partial charge in [-0.2, -0.15) is 0 Å². The van der Waals surface area contributed by atoms with Crippen LogP contribution in [0.25, 0.3) is 0 Å². The monoisotopic (exact) mass is 332 g/mol. The van der Waals surface area contributed by atoms with E-state index in [2.05, 4.69) is 58.6 Å². The Balaban J connectivity index is 1.93. The van der Waals surface area contributed by atoms with E-state index in [0.29, 0.717) is 12.6 Å². The maximum Gasteiger partial charge on any atom is 0.191 e. The molecule has 0 saturated carbocycles. The highest BCUT2D eigenvalue weighted by atomic mass is 16.5. The molecule has 5 nitrogen and oxygen atoms in total. The first-order chi connectivity index (χ1) is 11.5. The molecule has 0 radical (unpaired) electrons. The number of fused-ring (bicyclic) bond motifs is 1. The number of benzene rings is 1. The predicted molar refractivity (Wildman–Crippen MR) is 102 cm³/mol. The number of rotatable bonds is 7. The van der Waals surface area contributed by atoms with E-state index in [4.69, 9.17) is 4.74 Å². The standard InChI is InChI=1S/C19H32N4O/c1-6-20-18(22-14-19(3,4)24-5)21-13-15(2)23-12-11-16-9-7-8-10-17(16)23/h7-10,15H,6,11-14H2,1-5H3,(H2,20,21,22). The van der Waals surface area contributed by atoms with Crippen LogP contribution in [0.3, 0.4) is 0 Å². The largest absolute Gasteiger partial charge is 0.377 e. The van der Waals surface area contributed by atoms with Crippen molar-refractivity contribution in [2.24, 2.45) is 4.99 Å². The van der Waals surface area contributed by atoms with E-state index in [1.165, 1.54) is 11.3 Å². The minimum Gasteiger partial charge on any atom is -0.377 e. The van der Waals surface area contributed by atoms with Gasteiger partial charge in [-0.15, -0.1) is 0 Å². The summed E-state index contributed by atoms with van der Waals surface area (Å²) in [5.41, 5.74) is 2.57. The van der Waals surface area contributed by atoms with E-state index >= 15 is 0 Å². The summed E-state index contributed by atoms with van der Waals surface area (Å²) in [6, 6.07) is 9.11. The van der Waals surface area contributed by atoms with E-state index in [0.717, 1.165) is 32.0 Å². The molecule has 0 bridgehead atoms. The average Bonchev–Trinajstić information content (AvgIpc) is 3.01. The lowest BCUT2D eigenvalue weighted by Gasteiger charge is -2.28. The molecule has 1 unspecified atom stereocenters. The highest BCUT2D eigenvalue weighted by Crippen LogP contribution is 2.28. The molecule has 5 heteroatoms. The second-order valence-corrected chi connectivity index (χ2v) is 6.96. The number of hydrogen-bond donors (Lipinski definition) is 2. The van der Waals surface area contributed by atoms with Crippen molar-refractivity contribution in [3.05, 3.63) is 29.8 Å². The van der Waals surface area contributed by atoms with Gasteiger partial charge in [0.15, 0.2) is 5.96 Å². The Kier molecular flexibility index (Phi) is 6.49. The highest BCUT2D eigenvalue weighted by Gasteiger charge is 2.23. The maximum atomic E-state index is 5.44. The zero-order valence-corrected chi connectivity index (χ0v) is 15.7. The van der Waals surface area contributed by atoms with E-state index < -0.39 is 0 Å². The minimum absolute atomic E-state index is 0.248. The van der Waals surface area contributed by atoms with Crippen LogP contribution in [0.15, 0.2) is 29.3 Å². The summed E-state index contributed by atoms with van der Waals surface area (Å²) in [7, 11) is 1.72. The van der Waals surface area contributed by atoms with Crippen molar-refractivity contribution in [1.29, 1.82) is 0 Å². The van der Waals surface area contributed by atoms with Crippen LogP contribution in [-0.2, 0) is 11.2 Å². The predicted octanol–water partition coefficient (Wildman–Crippen LogP) is 2.42. The second-order valence-electron chi connectivity index (χ2n) is 6.96. The van der Waals surface area contributed by atoms with Crippen molar-refractivity contribution in [2.75, 3.05) is 38.2 Å². The third-order valence-electron chi connectivity index (χ3n) is 4.53. The van der Waals surface area contributed by atoms with Crippen molar-refractivity contribution >= 4 is 11.6 Å². The second kappa shape index (κ2) is 8.38. The molecule has 1 aliphatic heterocycles. The molecule has 0 aromatic heterocycles. The minimum atomic E-state index is -0.248. The molecule has 1 atom stereocenters. The molecule has 0 amide bonds. The quantitative estimate of drug-likeness (QED) is 0.595. The molecular formula is C19H32N4O. The Morgan fingerprint density at radius 1 is 1.33 bits per heavy atom. The summed E-state index contributed by atoms with van der Waals surface area (Å²) in [6.45, 7) is 11.9. The van der Waals surface area contributed by atoms with Crippen LogP contribution in [0.5, 0.6) is 0 Å². The van der Waals surface area contributed by atoms with Gasteiger partial charge >= 0.3 is 0 Å². The van der Waals surface area contributed by atoms with Crippen molar-refractivity contribution < 1.29 is 4.74 Å². The van der Waals surface area contributed by atoms with Crippen LogP contribution in [0, 0.1) is 0 Å². The normalized spacial score (nSPS) is 16.0. The molecule has 1 aliphatic rings. The summed E-state index contributed by atoms with van der Waals surface area (Å²) in [5.74, 6) is 0.849. The molecule has 134 valence electrons. The highest BCUT2D eigenvalue weighted by molar-refractivity contribution is 5.79. The molecule has 2 N–H and O–H groups in total. The molecule has 0 saturated heterocycles. The fourth-order valence-corrected chi connectivity index (χ4v) is 2.85. The molecule has 24 heavy (non-hydrogen) atoms. The number of para-hydroxylation sites is 1. The van der Waals surface area contributed by atoms with Crippen molar-refractivity contribution in [2.45, 2.75) is 45.8 Å². The fourth-order valence-electron chi connectivity index (χ4n) is 2.85. The summed E-state index contributed by atoms with van der Waals surface area (Å²) in [6.07, 6.45) is 1.14.